The average Bonchev–Trinajstić information content (AvgIpc) is 2.35. The van der Waals surface area contributed by atoms with Crippen LogP contribution in [0.15, 0.2) is 35.3 Å². The zero-order valence-electron chi connectivity index (χ0n) is 9.99. The number of benzene rings is 1. The Balaban J connectivity index is 2.46. The molecule has 0 saturated carbocycles. The summed E-state index contributed by atoms with van der Waals surface area (Å²) in [5.74, 6) is -0.952. The van der Waals surface area contributed by atoms with Crippen molar-refractivity contribution < 1.29 is 14.6 Å². The van der Waals surface area contributed by atoms with Crippen molar-refractivity contribution in [3.63, 3.8) is 0 Å². The molecular formula is C13H16BrNO3. The summed E-state index contributed by atoms with van der Waals surface area (Å²) in [7, 11) is 0. The minimum atomic E-state index is -0.952. The van der Waals surface area contributed by atoms with E-state index in [9.17, 15) is 4.79 Å². The summed E-state index contributed by atoms with van der Waals surface area (Å²) in [5, 5.41) is 12.1. The zero-order chi connectivity index (χ0) is 13.4. The van der Waals surface area contributed by atoms with Crippen molar-refractivity contribution in [2.45, 2.75) is 6.42 Å². The Morgan fingerprint density at radius 2 is 2.28 bits per heavy atom. The highest BCUT2D eigenvalue weighted by molar-refractivity contribution is 9.10. The first-order valence-corrected chi connectivity index (χ1v) is 6.40. The third-order valence-corrected chi connectivity index (χ3v) is 2.73. The molecule has 0 aliphatic rings. The highest BCUT2D eigenvalue weighted by Crippen LogP contribution is 2.20. The normalized spacial score (nSPS) is 10.1. The summed E-state index contributed by atoms with van der Waals surface area (Å²) in [5.41, 5.74) is 0.841. The molecule has 0 bridgehead atoms. The van der Waals surface area contributed by atoms with Gasteiger partial charge in [-0.25, -0.2) is 4.79 Å². The van der Waals surface area contributed by atoms with Gasteiger partial charge in [0, 0.05) is 16.7 Å². The largest absolute Gasteiger partial charge is 0.478 e. The highest BCUT2D eigenvalue weighted by atomic mass is 79.9. The lowest BCUT2D eigenvalue weighted by Crippen LogP contribution is -2.12. The molecule has 5 heteroatoms. The number of halogens is 1. The van der Waals surface area contributed by atoms with Crippen molar-refractivity contribution >= 4 is 27.6 Å². The molecule has 0 amide bonds. The fourth-order valence-electron chi connectivity index (χ4n) is 1.37. The van der Waals surface area contributed by atoms with Crippen molar-refractivity contribution in [1.82, 2.24) is 0 Å². The third-order valence-electron chi connectivity index (χ3n) is 2.24. The van der Waals surface area contributed by atoms with Gasteiger partial charge in [0.1, 0.15) is 0 Å². The SMILES string of the molecule is C=CCCOCCNc1ccc(Br)cc1C(=O)O. The molecular weight excluding hydrogens is 298 g/mol. The second-order valence-electron chi connectivity index (χ2n) is 3.61. The van der Waals surface area contributed by atoms with E-state index < -0.39 is 5.97 Å². The number of hydrogen-bond donors (Lipinski definition) is 2. The van der Waals surface area contributed by atoms with Crippen molar-refractivity contribution in [2.24, 2.45) is 0 Å². The molecule has 0 aliphatic carbocycles. The number of ether oxygens (including phenoxy) is 1. The quantitative estimate of drug-likeness (QED) is 0.572. The first kappa shape index (κ1) is 14.7. The summed E-state index contributed by atoms with van der Waals surface area (Å²) in [6.07, 6.45) is 2.61. The van der Waals surface area contributed by atoms with Crippen LogP contribution < -0.4 is 5.32 Å². The van der Waals surface area contributed by atoms with Gasteiger partial charge in [-0.1, -0.05) is 22.0 Å². The Kier molecular flexibility index (Phi) is 6.46. The highest BCUT2D eigenvalue weighted by Gasteiger charge is 2.09. The second-order valence-corrected chi connectivity index (χ2v) is 4.53. The van der Waals surface area contributed by atoms with Crippen molar-refractivity contribution in [3.05, 3.63) is 40.9 Å². The molecule has 1 rings (SSSR count). The van der Waals surface area contributed by atoms with Gasteiger partial charge in [0.25, 0.3) is 0 Å². The lowest BCUT2D eigenvalue weighted by atomic mass is 10.2. The maximum absolute atomic E-state index is 11.0. The van der Waals surface area contributed by atoms with Crippen LogP contribution in [0.4, 0.5) is 5.69 Å². The van der Waals surface area contributed by atoms with Crippen LogP contribution in [0, 0.1) is 0 Å². The minimum absolute atomic E-state index is 0.246. The predicted octanol–water partition coefficient (Wildman–Crippen LogP) is 3.15. The van der Waals surface area contributed by atoms with Crippen molar-refractivity contribution in [2.75, 3.05) is 25.1 Å². The van der Waals surface area contributed by atoms with Crippen LogP contribution in [0.1, 0.15) is 16.8 Å². The summed E-state index contributed by atoms with van der Waals surface area (Å²) < 4.78 is 6.07. The van der Waals surface area contributed by atoms with E-state index in [1.165, 1.54) is 0 Å². The number of carboxylic acids is 1. The Bertz CT molecular complexity index is 421. The molecule has 18 heavy (non-hydrogen) atoms. The van der Waals surface area contributed by atoms with Gasteiger partial charge < -0.3 is 15.2 Å². The van der Waals surface area contributed by atoms with E-state index in [1.807, 2.05) is 0 Å². The molecule has 0 unspecified atom stereocenters. The molecule has 0 aromatic heterocycles. The van der Waals surface area contributed by atoms with Crippen molar-refractivity contribution in [1.29, 1.82) is 0 Å². The Morgan fingerprint density at radius 3 is 2.94 bits per heavy atom. The molecule has 1 aromatic rings. The van der Waals surface area contributed by atoms with Crippen LogP contribution in [-0.4, -0.2) is 30.8 Å². The van der Waals surface area contributed by atoms with E-state index in [0.29, 0.717) is 25.4 Å². The average molecular weight is 314 g/mol. The number of carboxylic acid groups (broad SMARTS) is 1. The van der Waals surface area contributed by atoms with Crippen LogP contribution in [0.5, 0.6) is 0 Å². The zero-order valence-corrected chi connectivity index (χ0v) is 11.6. The molecule has 0 saturated heterocycles. The van der Waals surface area contributed by atoms with Gasteiger partial charge in [-0.3, -0.25) is 0 Å². The third kappa shape index (κ3) is 4.89. The molecule has 98 valence electrons. The molecule has 0 aliphatic heterocycles. The second kappa shape index (κ2) is 7.89. The molecule has 0 spiro atoms. The fourth-order valence-corrected chi connectivity index (χ4v) is 1.74. The number of nitrogens with one attached hydrogen (secondary N) is 1. The first-order chi connectivity index (χ1) is 8.65. The molecule has 2 N–H and O–H groups in total. The van der Waals surface area contributed by atoms with Crippen LogP contribution in [0.25, 0.3) is 0 Å². The minimum Gasteiger partial charge on any atom is -0.478 e. The Labute approximate surface area is 115 Å². The number of rotatable bonds is 8. The number of aromatic carboxylic acids is 1. The van der Waals surface area contributed by atoms with Crippen molar-refractivity contribution in [3.8, 4) is 0 Å². The van der Waals surface area contributed by atoms with Gasteiger partial charge >= 0.3 is 5.97 Å². The summed E-state index contributed by atoms with van der Waals surface area (Å²) in [4.78, 5) is 11.0. The predicted molar refractivity (Wildman–Crippen MR) is 75.2 cm³/mol. The standard InChI is InChI=1S/C13H16BrNO3/c1-2-3-7-18-8-6-15-12-5-4-10(14)9-11(12)13(16)17/h2,4-5,9,15H,1,3,6-8H2,(H,16,17). The van der Waals surface area contributed by atoms with Gasteiger partial charge in [0.2, 0.25) is 0 Å². The molecule has 0 radical (unpaired) electrons. The maximum atomic E-state index is 11.0. The van der Waals surface area contributed by atoms with Gasteiger partial charge in [0.15, 0.2) is 0 Å². The Morgan fingerprint density at radius 1 is 1.50 bits per heavy atom. The monoisotopic (exact) mass is 313 g/mol. The topological polar surface area (TPSA) is 58.6 Å². The number of carbonyl (C=O) groups is 1. The van der Waals surface area contributed by atoms with Crippen LogP contribution in [0.2, 0.25) is 0 Å². The fraction of sp³-hybridized carbons (Fsp3) is 0.308. The molecule has 0 fully saturated rings. The van der Waals surface area contributed by atoms with Crippen LogP contribution >= 0.6 is 15.9 Å². The van der Waals surface area contributed by atoms with E-state index in [1.54, 1.807) is 24.3 Å². The van der Waals surface area contributed by atoms with E-state index in [-0.39, 0.29) is 5.56 Å². The molecule has 1 aromatic carbocycles. The first-order valence-electron chi connectivity index (χ1n) is 5.60. The summed E-state index contributed by atoms with van der Waals surface area (Å²) >= 11 is 3.25. The van der Waals surface area contributed by atoms with E-state index >= 15 is 0 Å². The van der Waals surface area contributed by atoms with Crippen LogP contribution in [-0.2, 0) is 4.74 Å². The lowest BCUT2D eigenvalue weighted by Gasteiger charge is -2.10. The lowest BCUT2D eigenvalue weighted by molar-refractivity contribution is 0.0697. The van der Waals surface area contributed by atoms with Gasteiger partial charge in [-0.05, 0) is 24.6 Å². The van der Waals surface area contributed by atoms with Gasteiger partial charge in [0.05, 0.1) is 18.8 Å². The van der Waals surface area contributed by atoms with Crippen LogP contribution in [0.3, 0.4) is 0 Å². The van der Waals surface area contributed by atoms with Gasteiger partial charge in [-0.2, -0.15) is 0 Å². The Hall–Kier alpha value is -1.33. The van der Waals surface area contributed by atoms with E-state index in [4.69, 9.17) is 9.84 Å². The summed E-state index contributed by atoms with van der Waals surface area (Å²) in [6.45, 7) is 5.34. The van der Waals surface area contributed by atoms with E-state index in [2.05, 4.69) is 27.8 Å². The molecule has 4 nitrogen and oxygen atoms in total. The maximum Gasteiger partial charge on any atom is 0.337 e. The van der Waals surface area contributed by atoms with E-state index in [0.717, 1.165) is 10.9 Å². The molecule has 0 atom stereocenters. The number of hydrogen-bond acceptors (Lipinski definition) is 3. The van der Waals surface area contributed by atoms with Gasteiger partial charge in [-0.15, -0.1) is 6.58 Å². The smallest absolute Gasteiger partial charge is 0.337 e. The number of anilines is 1. The summed E-state index contributed by atoms with van der Waals surface area (Å²) in [6, 6.07) is 5.11. The molecule has 0 heterocycles.